The highest BCUT2D eigenvalue weighted by atomic mass is 79.9. The van der Waals surface area contributed by atoms with Gasteiger partial charge in [-0.05, 0) is 51.7 Å². The Morgan fingerprint density at radius 2 is 1.93 bits per heavy atom. The molecule has 0 bridgehead atoms. The van der Waals surface area contributed by atoms with E-state index in [2.05, 4.69) is 25.9 Å². The number of benzene rings is 1. The summed E-state index contributed by atoms with van der Waals surface area (Å²) in [6, 6.07) is 7.15. The molecule has 4 rings (SSSR count). The van der Waals surface area contributed by atoms with Crippen LogP contribution in [-0.4, -0.2) is 43.7 Å². The highest BCUT2D eigenvalue weighted by molar-refractivity contribution is 9.10. The van der Waals surface area contributed by atoms with Gasteiger partial charge in [0, 0.05) is 16.1 Å². The van der Waals surface area contributed by atoms with Crippen molar-refractivity contribution in [3.63, 3.8) is 0 Å². The maximum Gasteiger partial charge on any atom is 0.411 e. The van der Waals surface area contributed by atoms with E-state index in [-0.39, 0.29) is 23.9 Å². The molecular formula is C20H22BrN3O4. The molecule has 2 heterocycles. The monoisotopic (exact) mass is 447 g/mol. The zero-order valence-electron chi connectivity index (χ0n) is 15.9. The van der Waals surface area contributed by atoms with E-state index in [1.54, 1.807) is 4.90 Å². The summed E-state index contributed by atoms with van der Waals surface area (Å²) >= 11 is 3.38. The van der Waals surface area contributed by atoms with Crippen LogP contribution >= 0.6 is 15.9 Å². The molecule has 148 valence electrons. The third kappa shape index (κ3) is 3.53. The van der Waals surface area contributed by atoms with Crippen molar-refractivity contribution in [2.24, 2.45) is 5.92 Å². The van der Waals surface area contributed by atoms with Crippen LogP contribution in [0.3, 0.4) is 0 Å². The highest BCUT2D eigenvalue weighted by Crippen LogP contribution is 2.53. The molecule has 1 aromatic carbocycles. The SMILES string of the molecule is CC(C)(C)OC(=O)N1[C@@H]2CC2C[C@H]1c1nc(-c2ccc(Br)cc2)c(C(=O)O)[nH]1. The molecule has 2 fully saturated rings. The number of amides is 1. The first-order valence-corrected chi connectivity index (χ1v) is 10.0. The molecule has 2 aliphatic rings. The molecule has 2 aromatic rings. The number of halogens is 1. The number of hydrogen-bond acceptors (Lipinski definition) is 4. The van der Waals surface area contributed by atoms with Gasteiger partial charge in [-0.2, -0.15) is 0 Å². The molecule has 0 spiro atoms. The minimum atomic E-state index is -1.08. The van der Waals surface area contributed by atoms with Crippen molar-refractivity contribution in [1.29, 1.82) is 0 Å². The largest absolute Gasteiger partial charge is 0.477 e. The fraction of sp³-hybridized carbons (Fsp3) is 0.450. The lowest BCUT2D eigenvalue weighted by atomic mass is 10.1. The third-order valence-corrected chi connectivity index (χ3v) is 5.61. The summed E-state index contributed by atoms with van der Waals surface area (Å²) in [5.41, 5.74) is 0.517. The van der Waals surface area contributed by atoms with Crippen LogP contribution in [0.2, 0.25) is 0 Å². The predicted octanol–water partition coefficient (Wildman–Crippen LogP) is 4.61. The van der Waals surface area contributed by atoms with Crippen molar-refractivity contribution < 1.29 is 19.4 Å². The van der Waals surface area contributed by atoms with Crippen LogP contribution in [0.1, 0.15) is 56.0 Å². The first-order chi connectivity index (χ1) is 13.1. The maximum atomic E-state index is 12.8. The third-order valence-electron chi connectivity index (χ3n) is 5.08. The van der Waals surface area contributed by atoms with E-state index in [0.29, 0.717) is 23.0 Å². The van der Waals surface area contributed by atoms with E-state index in [1.807, 2.05) is 45.0 Å². The Bertz CT molecular complexity index is 932. The zero-order chi connectivity index (χ0) is 20.2. The van der Waals surface area contributed by atoms with Crippen LogP contribution in [0.25, 0.3) is 11.3 Å². The molecule has 28 heavy (non-hydrogen) atoms. The second-order valence-electron chi connectivity index (χ2n) is 8.36. The maximum absolute atomic E-state index is 12.8. The number of carboxylic acid groups (broad SMARTS) is 1. The molecule has 1 aromatic heterocycles. The van der Waals surface area contributed by atoms with Gasteiger partial charge in [-0.15, -0.1) is 0 Å². The number of rotatable bonds is 3. The summed E-state index contributed by atoms with van der Waals surface area (Å²) in [6.07, 6.45) is 1.35. The number of hydrogen-bond donors (Lipinski definition) is 2. The van der Waals surface area contributed by atoms with Crippen LogP contribution in [0.5, 0.6) is 0 Å². The van der Waals surface area contributed by atoms with E-state index in [4.69, 9.17) is 4.74 Å². The second-order valence-corrected chi connectivity index (χ2v) is 9.28. The van der Waals surface area contributed by atoms with Gasteiger partial charge in [0.05, 0.1) is 6.04 Å². The summed E-state index contributed by atoms with van der Waals surface area (Å²) in [4.78, 5) is 33.8. The number of likely N-dealkylation sites (tertiary alicyclic amines) is 1. The summed E-state index contributed by atoms with van der Waals surface area (Å²) in [7, 11) is 0. The molecule has 1 unspecified atom stereocenters. The second kappa shape index (κ2) is 6.62. The van der Waals surface area contributed by atoms with E-state index < -0.39 is 11.6 Å². The number of carbonyl (C=O) groups excluding carboxylic acids is 1. The highest BCUT2D eigenvalue weighted by Gasteiger charge is 2.56. The summed E-state index contributed by atoms with van der Waals surface area (Å²) in [6.45, 7) is 5.50. The molecule has 8 heteroatoms. The van der Waals surface area contributed by atoms with Gasteiger partial charge < -0.3 is 14.8 Å². The first kappa shape index (κ1) is 19.0. The normalized spacial score (nSPS) is 23.4. The number of carboxylic acids is 1. The molecule has 1 aliphatic carbocycles. The number of nitrogens with one attached hydrogen (secondary N) is 1. The number of aromatic carboxylic acids is 1. The lowest BCUT2D eigenvalue weighted by Crippen LogP contribution is -2.38. The molecule has 1 saturated heterocycles. The average Bonchev–Trinajstić information content (AvgIpc) is 3.04. The van der Waals surface area contributed by atoms with E-state index in [0.717, 1.165) is 17.3 Å². The van der Waals surface area contributed by atoms with Crippen molar-refractivity contribution in [3.8, 4) is 11.3 Å². The molecule has 3 atom stereocenters. The number of piperidine rings is 1. The summed E-state index contributed by atoms with van der Waals surface area (Å²) in [5.74, 6) is -0.163. The minimum absolute atomic E-state index is 0.0297. The molecular weight excluding hydrogens is 426 g/mol. The standard InChI is InChI=1S/C20H22BrN3O4/c1-20(2,3)28-19(27)24-13-8-11(13)9-14(24)17-22-15(16(23-17)18(25)26)10-4-6-12(21)7-5-10/h4-7,11,13-14H,8-9H2,1-3H3,(H,22,23)(H,25,26)/t11?,13-,14+/m1/s1. The molecule has 1 aliphatic heterocycles. The Balaban J connectivity index is 1.69. The Morgan fingerprint density at radius 1 is 1.25 bits per heavy atom. The van der Waals surface area contributed by atoms with Gasteiger partial charge in [0.2, 0.25) is 0 Å². The molecule has 2 N–H and O–H groups in total. The quantitative estimate of drug-likeness (QED) is 0.715. The minimum Gasteiger partial charge on any atom is -0.477 e. The molecule has 1 amide bonds. The molecule has 0 radical (unpaired) electrons. The van der Waals surface area contributed by atoms with Crippen LogP contribution < -0.4 is 0 Å². The molecule has 1 saturated carbocycles. The zero-order valence-corrected chi connectivity index (χ0v) is 17.5. The number of H-pyrrole nitrogens is 1. The van der Waals surface area contributed by atoms with Crippen LogP contribution in [0.15, 0.2) is 28.7 Å². The van der Waals surface area contributed by atoms with Crippen LogP contribution in [0.4, 0.5) is 4.79 Å². The van der Waals surface area contributed by atoms with Gasteiger partial charge in [-0.25, -0.2) is 14.6 Å². The Kier molecular flexibility index (Phi) is 4.49. The van der Waals surface area contributed by atoms with Crippen molar-refractivity contribution in [2.75, 3.05) is 0 Å². The van der Waals surface area contributed by atoms with Gasteiger partial charge in [-0.1, -0.05) is 28.1 Å². The van der Waals surface area contributed by atoms with Crippen molar-refractivity contribution >= 4 is 28.0 Å². The van der Waals surface area contributed by atoms with Gasteiger partial charge in [0.25, 0.3) is 0 Å². The van der Waals surface area contributed by atoms with Gasteiger partial charge in [0.1, 0.15) is 17.1 Å². The Hall–Kier alpha value is -2.35. The van der Waals surface area contributed by atoms with Crippen LogP contribution in [0, 0.1) is 5.92 Å². The number of ether oxygens (including phenoxy) is 1. The number of nitrogens with zero attached hydrogens (tertiary/aromatic N) is 2. The van der Waals surface area contributed by atoms with Gasteiger partial charge in [-0.3, -0.25) is 4.90 Å². The fourth-order valence-corrected chi connectivity index (χ4v) is 4.06. The Labute approximate surface area is 171 Å². The number of fused-ring (bicyclic) bond motifs is 1. The van der Waals surface area contributed by atoms with Crippen LogP contribution in [-0.2, 0) is 4.74 Å². The van der Waals surface area contributed by atoms with E-state index in [9.17, 15) is 14.7 Å². The van der Waals surface area contributed by atoms with Crippen molar-refractivity contribution in [2.45, 2.75) is 51.3 Å². The lowest BCUT2D eigenvalue weighted by Gasteiger charge is -2.29. The number of aromatic nitrogens is 2. The number of aromatic amines is 1. The fourth-order valence-electron chi connectivity index (χ4n) is 3.80. The van der Waals surface area contributed by atoms with Gasteiger partial charge >= 0.3 is 12.1 Å². The summed E-state index contributed by atoms with van der Waals surface area (Å²) in [5, 5.41) is 9.64. The van der Waals surface area contributed by atoms with Crippen molar-refractivity contribution in [3.05, 3.63) is 40.3 Å². The Morgan fingerprint density at radius 3 is 2.54 bits per heavy atom. The number of carbonyl (C=O) groups is 2. The van der Waals surface area contributed by atoms with Gasteiger partial charge in [0.15, 0.2) is 5.69 Å². The number of imidazole rings is 1. The average molecular weight is 448 g/mol. The molecule has 7 nitrogen and oxygen atoms in total. The lowest BCUT2D eigenvalue weighted by molar-refractivity contribution is 0.0175. The van der Waals surface area contributed by atoms with Crippen molar-refractivity contribution in [1.82, 2.24) is 14.9 Å². The predicted molar refractivity (Wildman–Crippen MR) is 106 cm³/mol. The summed E-state index contributed by atoms with van der Waals surface area (Å²) < 4.78 is 6.48. The van der Waals surface area contributed by atoms with E-state index >= 15 is 0 Å². The van der Waals surface area contributed by atoms with E-state index in [1.165, 1.54) is 0 Å². The smallest absolute Gasteiger partial charge is 0.411 e. The topological polar surface area (TPSA) is 95.5 Å². The first-order valence-electron chi connectivity index (χ1n) is 9.24.